The molecule has 0 atom stereocenters. The molecule has 6 heteroatoms. The fraction of sp³-hybridized carbons (Fsp3) is 0.357. The van der Waals surface area contributed by atoms with Gasteiger partial charge in [-0.25, -0.2) is 4.39 Å². The fourth-order valence-corrected chi connectivity index (χ4v) is 2.43. The molecule has 108 valence electrons. The van der Waals surface area contributed by atoms with Crippen LogP contribution in [0.4, 0.5) is 15.8 Å². The molecule has 0 unspecified atom stereocenters. The largest absolute Gasteiger partial charge is 0.397 e. The number of aryl methyl sites for hydroxylation is 3. The minimum atomic E-state index is -0.319. The Morgan fingerprint density at radius 3 is 2.75 bits per heavy atom. The van der Waals surface area contributed by atoms with Gasteiger partial charge in [-0.3, -0.25) is 4.68 Å². The van der Waals surface area contributed by atoms with Crippen molar-refractivity contribution < 1.29 is 4.39 Å². The number of hydrogen-bond acceptors (Lipinski definition) is 3. The standard InChI is InChI=1S/C14H18BrFN4/c1-9-6-10(2)20(19-9)5-3-4-18-14-8-12(16)11(15)7-13(14)17/h6-8,18H,3-5,17H2,1-2H3. The third-order valence-corrected chi connectivity index (χ3v) is 3.67. The van der Waals surface area contributed by atoms with E-state index in [1.807, 2.05) is 18.5 Å². The third kappa shape index (κ3) is 3.50. The van der Waals surface area contributed by atoms with E-state index >= 15 is 0 Å². The summed E-state index contributed by atoms with van der Waals surface area (Å²) in [6, 6.07) is 5.02. The molecule has 0 spiro atoms. The molecule has 2 rings (SSSR count). The second kappa shape index (κ2) is 6.26. The highest BCUT2D eigenvalue weighted by Gasteiger charge is 2.06. The van der Waals surface area contributed by atoms with Gasteiger partial charge in [0.2, 0.25) is 0 Å². The monoisotopic (exact) mass is 340 g/mol. The average Bonchev–Trinajstić information content (AvgIpc) is 2.69. The Hall–Kier alpha value is -1.56. The van der Waals surface area contributed by atoms with Gasteiger partial charge in [0.05, 0.1) is 21.5 Å². The molecule has 0 aliphatic heterocycles. The summed E-state index contributed by atoms with van der Waals surface area (Å²) >= 11 is 3.11. The van der Waals surface area contributed by atoms with Crippen molar-refractivity contribution in [3.8, 4) is 0 Å². The topological polar surface area (TPSA) is 55.9 Å². The van der Waals surface area contributed by atoms with Crippen LogP contribution in [-0.2, 0) is 6.54 Å². The Kier molecular flexibility index (Phi) is 4.65. The highest BCUT2D eigenvalue weighted by molar-refractivity contribution is 9.10. The molecule has 0 aliphatic carbocycles. The maximum absolute atomic E-state index is 13.4. The Balaban J connectivity index is 1.87. The highest BCUT2D eigenvalue weighted by Crippen LogP contribution is 2.26. The molecular formula is C14H18BrFN4. The highest BCUT2D eigenvalue weighted by atomic mass is 79.9. The van der Waals surface area contributed by atoms with Gasteiger partial charge in [-0.15, -0.1) is 0 Å². The Morgan fingerprint density at radius 2 is 2.10 bits per heavy atom. The number of rotatable bonds is 5. The molecule has 0 radical (unpaired) electrons. The number of nitrogen functional groups attached to an aromatic ring is 1. The second-order valence-electron chi connectivity index (χ2n) is 4.78. The summed E-state index contributed by atoms with van der Waals surface area (Å²) in [5.41, 5.74) is 9.16. The van der Waals surface area contributed by atoms with Crippen LogP contribution in [-0.4, -0.2) is 16.3 Å². The van der Waals surface area contributed by atoms with Crippen molar-refractivity contribution in [1.29, 1.82) is 0 Å². The molecule has 0 saturated carbocycles. The maximum Gasteiger partial charge on any atom is 0.139 e. The third-order valence-electron chi connectivity index (χ3n) is 3.06. The van der Waals surface area contributed by atoms with Gasteiger partial charge < -0.3 is 11.1 Å². The first-order valence-electron chi connectivity index (χ1n) is 6.47. The van der Waals surface area contributed by atoms with Gasteiger partial charge in [-0.2, -0.15) is 5.10 Å². The van der Waals surface area contributed by atoms with Crippen LogP contribution in [0.5, 0.6) is 0 Å². The van der Waals surface area contributed by atoms with Crippen molar-refractivity contribution in [3.63, 3.8) is 0 Å². The molecular weight excluding hydrogens is 323 g/mol. The fourth-order valence-electron chi connectivity index (χ4n) is 2.07. The summed E-state index contributed by atoms with van der Waals surface area (Å²) in [4.78, 5) is 0. The first kappa shape index (κ1) is 14.8. The number of hydrogen-bond donors (Lipinski definition) is 2. The molecule has 20 heavy (non-hydrogen) atoms. The van der Waals surface area contributed by atoms with Gasteiger partial charge in [0.15, 0.2) is 0 Å². The zero-order chi connectivity index (χ0) is 14.7. The van der Waals surface area contributed by atoms with Crippen molar-refractivity contribution in [1.82, 2.24) is 9.78 Å². The molecule has 1 aromatic carbocycles. The maximum atomic E-state index is 13.4. The average molecular weight is 341 g/mol. The summed E-state index contributed by atoms with van der Waals surface area (Å²) < 4.78 is 15.8. The van der Waals surface area contributed by atoms with Crippen LogP contribution in [0.25, 0.3) is 0 Å². The van der Waals surface area contributed by atoms with Crippen LogP contribution in [0.1, 0.15) is 17.8 Å². The Bertz CT molecular complexity index is 609. The van der Waals surface area contributed by atoms with Gasteiger partial charge in [-0.1, -0.05) is 0 Å². The molecule has 2 aromatic rings. The second-order valence-corrected chi connectivity index (χ2v) is 5.64. The van der Waals surface area contributed by atoms with E-state index < -0.39 is 0 Å². The van der Waals surface area contributed by atoms with Crippen LogP contribution >= 0.6 is 15.9 Å². The first-order chi connectivity index (χ1) is 9.47. The predicted molar refractivity (Wildman–Crippen MR) is 83.3 cm³/mol. The molecule has 1 heterocycles. The minimum Gasteiger partial charge on any atom is -0.397 e. The number of nitrogens with one attached hydrogen (secondary N) is 1. The number of halogens is 2. The molecule has 0 amide bonds. The molecule has 0 aliphatic rings. The van der Waals surface area contributed by atoms with E-state index in [2.05, 4.69) is 32.4 Å². The minimum absolute atomic E-state index is 0.319. The van der Waals surface area contributed by atoms with Gasteiger partial charge in [0.25, 0.3) is 0 Å². The summed E-state index contributed by atoms with van der Waals surface area (Å²) in [7, 11) is 0. The number of nitrogens with two attached hydrogens (primary N) is 1. The number of benzene rings is 1. The summed E-state index contributed by atoms with van der Waals surface area (Å²) in [6.07, 6.45) is 0.888. The zero-order valence-corrected chi connectivity index (χ0v) is 13.2. The normalized spacial score (nSPS) is 10.8. The van der Waals surface area contributed by atoms with Crippen molar-refractivity contribution in [2.45, 2.75) is 26.8 Å². The predicted octanol–water partition coefficient (Wildman–Crippen LogP) is 3.49. The van der Waals surface area contributed by atoms with Crippen molar-refractivity contribution >= 4 is 27.3 Å². The Morgan fingerprint density at radius 1 is 1.35 bits per heavy atom. The zero-order valence-electron chi connectivity index (χ0n) is 11.6. The smallest absolute Gasteiger partial charge is 0.139 e. The van der Waals surface area contributed by atoms with E-state index in [1.165, 1.54) is 6.07 Å². The summed E-state index contributed by atoms with van der Waals surface area (Å²) in [6.45, 7) is 5.55. The van der Waals surface area contributed by atoms with Gasteiger partial charge in [0.1, 0.15) is 5.82 Å². The van der Waals surface area contributed by atoms with Gasteiger partial charge in [-0.05, 0) is 48.3 Å². The number of nitrogens with zero attached hydrogens (tertiary/aromatic N) is 2. The van der Waals surface area contributed by atoms with E-state index in [9.17, 15) is 4.39 Å². The molecule has 4 nitrogen and oxygen atoms in total. The lowest BCUT2D eigenvalue weighted by Crippen LogP contribution is -2.10. The van der Waals surface area contributed by atoms with E-state index in [0.29, 0.717) is 22.4 Å². The first-order valence-corrected chi connectivity index (χ1v) is 7.26. The van der Waals surface area contributed by atoms with E-state index in [0.717, 1.165) is 24.4 Å². The SMILES string of the molecule is Cc1cc(C)n(CCCNc2cc(F)c(Br)cc2N)n1. The van der Waals surface area contributed by atoms with Crippen molar-refractivity contribution in [3.05, 3.63) is 39.9 Å². The van der Waals surface area contributed by atoms with E-state index in [-0.39, 0.29) is 5.82 Å². The molecule has 3 N–H and O–H groups in total. The van der Waals surface area contributed by atoms with Crippen LogP contribution in [0.15, 0.2) is 22.7 Å². The summed E-state index contributed by atoms with van der Waals surface area (Å²) in [5, 5.41) is 7.55. The lowest BCUT2D eigenvalue weighted by molar-refractivity contribution is 0.573. The van der Waals surface area contributed by atoms with Crippen LogP contribution < -0.4 is 11.1 Å². The van der Waals surface area contributed by atoms with Crippen LogP contribution in [0.3, 0.4) is 0 Å². The number of anilines is 2. The molecule has 0 fully saturated rings. The van der Waals surface area contributed by atoms with Gasteiger partial charge >= 0.3 is 0 Å². The number of aromatic nitrogens is 2. The van der Waals surface area contributed by atoms with Crippen LogP contribution in [0.2, 0.25) is 0 Å². The van der Waals surface area contributed by atoms with Gasteiger partial charge in [0, 0.05) is 24.8 Å². The van der Waals surface area contributed by atoms with Crippen molar-refractivity contribution in [2.24, 2.45) is 0 Å². The van der Waals surface area contributed by atoms with E-state index in [1.54, 1.807) is 6.07 Å². The quantitative estimate of drug-likeness (QED) is 0.647. The Labute approximate surface area is 126 Å². The molecule has 0 bridgehead atoms. The summed E-state index contributed by atoms with van der Waals surface area (Å²) in [5.74, 6) is -0.319. The van der Waals surface area contributed by atoms with E-state index in [4.69, 9.17) is 5.73 Å². The lowest BCUT2D eigenvalue weighted by Gasteiger charge is -2.11. The van der Waals surface area contributed by atoms with Crippen molar-refractivity contribution in [2.75, 3.05) is 17.6 Å². The van der Waals surface area contributed by atoms with Crippen LogP contribution in [0, 0.1) is 19.7 Å². The molecule has 0 saturated heterocycles. The molecule has 1 aromatic heterocycles. The lowest BCUT2D eigenvalue weighted by atomic mass is 10.2.